The van der Waals surface area contributed by atoms with E-state index in [-0.39, 0.29) is 69.3 Å². The lowest BCUT2D eigenvalue weighted by atomic mass is 10.0. The molecule has 0 radical (unpaired) electrons. The molecule has 20 nitrogen and oxygen atoms in total. The van der Waals surface area contributed by atoms with Gasteiger partial charge in [0.25, 0.3) is 0 Å². The smallest absolute Gasteiger partial charge is 0.303 e. The van der Waals surface area contributed by atoms with E-state index in [2.05, 4.69) is 36.6 Å². The molecule has 0 unspecified atom stereocenters. The van der Waals surface area contributed by atoms with Gasteiger partial charge >= 0.3 is 5.97 Å². The van der Waals surface area contributed by atoms with E-state index in [1.54, 1.807) is 0 Å². The van der Waals surface area contributed by atoms with E-state index < -0.39 is 78.7 Å². The number of carboxylic acid groups (broad SMARTS) is 1. The average Bonchev–Trinajstić information content (AvgIpc) is 3.04. The Bertz CT molecular complexity index is 1380. The fraction of sp³-hybridized carbons (Fsp3) is 0.517. The highest BCUT2D eigenvalue weighted by Gasteiger charge is 2.34. The molecule has 1 fully saturated rings. The molecule has 1 aromatic rings. The van der Waals surface area contributed by atoms with Gasteiger partial charge in [-0.05, 0) is 49.8 Å². The molecular weight excluding hydrogens is 646 g/mol. The molecule has 1 aliphatic rings. The van der Waals surface area contributed by atoms with Crippen LogP contribution in [0.15, 0.2) is 34.3 Å². The van der Waals surface area contributed by atoms with Crippen molar-refractivity contribution < 1.29 is 44.1 Å². The number of nitrogens with zero attached hydrogens (tertiary/aromatic N) is 2. The Kier molecular flexibility index (Phi) is 16.0. The molecule has 1 aromatic carbocycles. The lowest BCUT2D eigenvalue weighted by molar-refractivity contribution is -0.138. The highest BCUT2D eigenvalue weighted by atomic mass is 16.4. The van der Waals surface area contributed by atoms with Crippen molar-refractivity contribution in [3.05, 3.63) is 29.8 Å². The first-order chi connectivity index (χ1) is 23.2. The van der Waals surface area contributed by atoms with E-state index in [0.717, 1.165) is 0 Å². The number of amides is 5. The molecule has 1 saturated heterocycles. The maximum absolute atomic E-state index is 13.7. The second kappa shape index (κ2) is 19.9. The minimum absolute atomic E-state index is 0.0474. The van der Waals surface area contributed by atoms with Gasteiger partial charge in [0.15, 0.2) is 11.9 Å². The van der Waals surface area contributed by atoms with Crippen LogP contribution in [0.4, 0.5) is 0 Å². The second-order valence-electron chi connectivity index (χ2n) is 11.2. The largest absolute Gasteiger partial charge is 0.508 e. The molecular formula is C29H45N11O9. The molecule has 20 heteroatoms. The summed E-state index contributed by atoms with van der Waals surface area (Å²) in [5.74, 6) is -6.21. The third-order valence-corrected chi connectivity index (χ3v) is 7.26. The Morgan fingerprint density at radius 2 is 1.02 bits per heavy atom. The highest BCUT2D eigenvalue weighted by Crippen LogP contribution is 2.13. The molecule has 0 aromatic heterocycles. The number of carbonyl (C=O) groups is 6. The number of carbonyl (C=O) groups excluding carboxylic acids is 5. The van der Waals surface area contributed by atoms with Gasteiger partial charge in [0.2, 0.25) is 29.5 Å². The maximum atomic E-state index is 13.7. The molecule has 16 N–H and O–H groups in total. The number of nitrogens with one attached hydrogen (secondary N) is 5. The summed E-state index contributed by atoms with van der Waals surface area (Å²) in [6, 6.07) is -1.34. The minimum Gasteiger partial charge on any atom is -0.508 e. The first-order valence-corrected chi connectivity index (χ1v) is 15.4. The fourth-order valence-electron chi connectivity index (χ4n) is 4.71. The lowest BCUT2D eigenvalue weighted by Crippen LogP contribution is -2.59. The number of guanidine groups is 2. The van der Waals surface area contributed by atoms with Gasteiger partial charge in [0, 0.05) is 25.9 Å². The standard InChI is InChI=1S/C29H45N11O9/c30-28(31)34-11-1-3-17-23(45)38-19(9-10-22(43)44)25(47)36-18(4-2-12-35-29(32)33)24(46)40-21(14-41)27(49)39-20(26(48)37-17)13-15-5-7-16(42)8-6-15/h5-8,17-21,41-42H,1-4,9-14H2,(H,36,47)(H,37,48)(H,38,45)(H,39,49)(H,40,46)(H,43,44)(H4,30,31,34)(H4,32,33,35)/t17-,18-,19-,20-,21-/m0/s1. The SMILES string of the molecule is NC(N)=NCCC[C@@H]1NC(=O)[C@H](CCC(=O)O)NC(=O)[C@H](CCCN=C(N)N)NC(=O)[C@H](Cc2ccc(O)cc2)NC(=O)[C@H](CO)NC1=O. The fourth-order valence-corrected chi connectivity index (χ4v) is 4.71. The van der Waals surface area contributed by atoms with Crippen molar-refractivity contribution in [3.8, 4) is 5.75 Å². The predicted molar refractivity (Wildman–Crippen MR) is 175 cm³/mol. The summed E-state index contributed by atoms with van der Waals surface area (Å²) >= 11 is 0. The van der Waals surface area contributed by atoms with Crippen LogP contribution in [0.1, 0.15) is 44.1 Å². The number of benzene rings is 1. The quantitative estimate of drug-likeness (QED) is 0.0496. The summed E-state index contributed by atoms with van der Waals surface area (Å²) in [5.41, 5.74) is 22.0. The van der Waals surface area contributed by atoms with Gasteiger partial charge in [-0.3, -0.25) is 38.8 Å². The molecule has 0 bridgehead atoms. The number of nitrogens with two attached hydrogens (primary N) is 4. The molecule has 5 atom stereocenters. The summed E-state index contributed by atoms with van der Waals surface area (Å²) in [4.78, 5) is 86.6. The van der Waals surface area contributed by atoms with Gasteiger partial charge in [-0.15, -0.1) is 0 Å². The number of hydrogen-bond donors (Lipinski definition) is 12. The van der Waals surface area contributed by atoms with Crippen molar-refractivity contribution >= 4 is 47.4 Å². The van der Waals surface area contributed by atoms with Crippen molar-refractivity contribution in [2.45, 2.75) is 75.2 Å². The Morgan fingerprint density at radius 3 is 1.45 bits per heavy atom. The topological polar surface area (TPSA) is 352 Å². The summed E-state index contributed by atoms with van der Waals surface area (Å²) < 4.78 is 0. The van der Waals surface area contributed by atoms with Crippen molar-refractivity contribution in [3.63, 3.8) is 0 Å². The van der Waals surface area contributed by atoms with E-state index in [1.165, 1.54) is 24.3 Å². The van der Waals surface area contributed by atoms with E-state index in [0.29, 0.717) is 5.56 Å². The Hall–Kier alpha value is -5.66. The number of aliphatic hydroxyl groups is 1. The number of hydrogen-bond acceptors (Lipinski definition) is 10. The van der Waals surface area contributed by atoms with Crippen molar-refractivity contribution in [1.29, 1.82) is 0 Å². The molecule has 1 aliphatic heterocycles. The predicted octanol–water partition coefficient (Wildman–Crippen LogP) is -4.66. The lowest BCUT2D eigenvalue weighted by Gasteiger charge is -2.26. The van der Waals surface area contributed by atoms with Crippen LogP contribution >= 0.6 is 0 Å². The number of phenolic OH excluding ortho intramolecular Hbond substituents is 1. The van der Waals surface area contributed by atoms with Crippen LogP contribution in [0, 0.1) is 0 Å². The van der Waals surface area contributed by atoms with Crippen LogP contribution in [0.3, 0.4) is 0 Å². The third kappa shape index (κ3) is 14.3. The summed E-state index contributed by atoms with van der Waals surface area (Å²) in [5, 5.41) is 41.4. The Labute approximate surface area is 281 Å². The van der Waals surface area contributed by atoms with Crippen molar-refractivity contribution in [1.82, 2.24) is 26.6 Å². The van der Waals surface area contributed by atoms with Gasteiger partial charge in [-0.25, -0.2) is 0 Å². The Balaban J connectivity index is 2.56. The normalized spacial score (nSPS) is 22.1. The zero-order valence-corrected chi connectivity index (χ0v) is 26.8. The molecule has 0 spiro atoms. The number of aliphatic carboxylic acids is 1. The molecule has 5 amide bonds. The zero-order chi connectivity index (χ0) is 36.5. The highest BCUT2D eigenvalue weighted by molar-refractivity contribution is 5.98. The first-order valence-electron chi connectivity index (χ1n) is 15.4. The summed E-state index contributed by atoms with van der Waals surface area (Å²) in [7, 11) is 0. The van der Waals surface area contributed by atoms with Gasteiger partial charge in [-0.2, -0.15) is 0 Å². The number of aliphatic hydroxyl groups excluding tert-OH is 1. The van der Waals surface area contributed by atoms with Crippen LogP contribution < -0.4 is 49.5 Å². The minimum atomic E-state index is -1.58. The van der Waals surface area contributed by atoms with E-state index in [9.17, 15) is 44.1 Å². The van der Waals surface area contributed by atoms with Crippen LogP contribution in [0.5, 0.6) is 5.75 Å². The monoisotopic (exact) mass is 691 g/mol. The number of aliphatic imine (C=N–C) groups is 2. The van der Waals surface area contributed by atoms with Crippen LogP contribution in [0.2, 0.25) is 0 Å². The van der Waals surface area contributed by atoms with Gasteiger partial charge in [0.05, 0.1) is 6.61 Å². The average molecular weight is 692 g/mol. The van der Waals surface area contributed by atoms with Crippen molar-refractivity contribution in [2.75, 3.05) is 19.7 Å². The third-order valence-electron chi connectivity index (χ3n) is 7.26. The number of rotatable bonds is 14. The Morgan fingerprint density at radius 1 is 0.633 bits per heavy atom. The van der Waals surface area contributed by atoms with Crippen molar-refractivity contribution in [2.24, 2.45) is 32.9 Å². The number of phenols is 1. The first kappa shape index (κ1) is 39.5. The summed E-state index contributed by atoms with van der Waals surface area (Å²) in [6.07, 6.45) is -0.822. The van der Waals surface area contributed by atoms with E-state index in [1.807, 2.05) is 0 Å². The molecule has 1 heterocycles. The molecule has 0 aliphatic carbocycles. The molecule has 2 rings (SSSR count). The number of carboxylic acids is 1. The maximum Gasteiger partial charge on any atom is 0.303 e. The van der Waals surface area contributed by atoms with Crippen LogP contribution in [0.25, 0.3) is 0 Å². The van der Waals surface area contributed by atoms with Crippen LogP contribution in [-0.4, -0.2) is 113 Å². The van der Waals surface area contributed by atoms with Gasteiger partial charge in [-0.1, -0.05) is 12.1 Å². The molecule has 0 saturated carbocycles. The zero-order valence-electron chi connectivity index (χ0n) is 26.8. The molecule has 270 valence electrons. The second-order valence-corrected chi connectivity index (χ2v) is 11.2. The van der Waals surface area contributed by atoms with Gasteiger partial charge in [0.1, 0.15) is 36.0 Å². The van der Waals surface area contributed by atoms with E-state index in [4.69, 9.17) is 22.9 Å². The van der Waals surface area contributed by atoms with E-state index >= 15 is 0 Å². The van der Waals surface area contributed by atoms with Crippen LogP contribution in [-0.2, 0) is 35.2 Å². The number of aromatic hydroxyl groups is 1. The molecule has 49 heavy (non-hydrogen) atoms. The summed E-state index contributed by atoms with van der Waals surface area (Å²) in [6.45, 7) is -0.750. The van der Waals surface area contributed by atoms with Gasteiger partial charge < -0.3 is 64.8 Å².